The predicted octanol–water partition coefficient (Wildman–Crippen LogP) is 2.44. The number of hydrogen-bond donors (Lipinski definition) is 2. The van der Waals surface area contributed by atoms with Crippen molar-refractivity contribution in [2.24, 2.45) is 0 Å². The number of amides is 2. The largest absolute Gasteiger partial charge is 0.399 e. The zero-order valence-corrected chi connectivity index (χ0v) is 17.5. The highest BCUT2D eigenvalue weighted by Crippen LogP contribution is 2.12. The van der Waals surface area contributed by atoms with Gasteiger partial charge in [-0.1, -0.05) is 18.2 Å². The lowest BCUT2D eigenvalue weighted by molar-refractivity contribution is 0.0638. The van der Waals surface area contributed by atoms with E-state index in [4.69, 9.17) is 5.73 Å². The molecule has 2 aromatic carbocycles. The van der Waals surface area contributed by atoms with Crippen molar-refractivity contribution in [2.75, 3.05) is 45.0 Å². The van der Waals surface area contributed by atoms with E-state index in [-0.39, 0.29) is 36.3 Å². The molecule has 6 nitrogen and oxygen atoms in total. The van der Waals surface area contributed by atoms with Gasteiger partial charge in [0, 0.05) is 50.5 Å². The number of piperazine rings is 1. The first-order valence-electron chi connectivity index (χ1n) is 8.94. The fourth-order valence-corrected chi connectivity index (χ4v) is 3.10. The van der Waals surface area contributed by atoms with Crippen LogP contribution in [-0.4, -0.2) is 60.9 Å². The molecule has 3 N–H and O–H groups in total. The van der Waals surface area contributed by atoms with Crippen LogP contribution in [0.1, 0.15) is 20.7 Å². The Balaban J connectivity index is 0.00000210. The van der Waals surface area contributed by atoms with Gasteiger partial charge < -0.3 is 16.0 Å². The average Bonchev–Trinajstić information content (AvgIpc) is 2.68. The van der Waals surface area contributed by atoms with Gasteiger partial charge in [0.2, 0.25) is 0 Å². The second-order valence-electron chi connectivity index (χ2n) is 6.50. The van der Waals surface area contributed by atoms with Gasteiger partial charge >= 0.3 is 0 Å². The maximum Gasteiger partial charge on any atom is 0.254 e. The van der Waals surface area contributed by atoms with E-state index in [0.717, 1.165) is 13.1 Å². The monoisotopic (exact) mass is 442 g/mol. The molecule has 1 heterocycles. The molecular weight excluding hydrogens is 418 g/mol. The lowest BCUT2D eigenvalue weighted by Gasteiger charge is -2.34. The molecule has 0 aromatic heterocycles. The molecule has 1 aliphatic rings. The number of halogens is 3. The first-order chi connectivity index (χ1) is 13.0. The third kappa shape index (κ3) is 6.59. The van der Waals surface area contributed by atoms with E-state index in [1.54, 1.807) is 36.4 Å². The maximum absolute atomic E-state index is 13.6. The van der Waals surface area contributed by atoms with E-state index in [2.05, 4.69) is 10.2 Å². The topological polar surface area (TPSA) is 78.7 Å². The molecule has 158 valence electrons. The summed E-state index contributed by atoms with van der Waals surface area (Å²) in [5, 5.41) is 2.74. The summed E-state index contributed by atoms with van der Waals surface area (Å²) in [6, 6.07) is 12.9. The van der Waals surface area contributed by atoms with Crippen molar-refractivity contribution in [1.29, 1.82) is 0 Å². The minimum atomic E-state index is -0.524. The summed E-state index contributed by atoms with van der Waals surface area (Å²) in [6.07, 6.45) is 0. The number of nitrogens with two attached hydrogens (primary N) is 1. The van der Waals surface area contributed by atoms with Gasteiger partial charge in [-0.25, -0.2) is 4.39 Å². The summed E-state index contributed by atoms with van der Waals surface area (Å²) in [5.74, 6) is -0.956. The predicted molar refractivity (Wildman–Crippen MR) is 116 cm³/mol. The fraction of sp³-hybridized carbons (Fsp3) is 0.300. The van der Waals surface area contributed by atoms with Crippen LogP contribution < -0.4 is 11.1 Å². The molecule has 2 amide bonds. The Bertz CT molecular complexity index is 830. The second kappa shape index (κ2) is 11.6. The Morgan fingerprint density at radius 2 is 1.69 bits per heavy atom. The molecule has 0 aliphatic carbocycles. The summed E-state index contributed by atoms with van der Waals surface area (Å²) in [4.78, 5) is 28.5. The van der Waals surface area contributed by atoms with E-state index in [0.29, 0.717) is 37.4 Å². The van der Waals surface area contributed by atoms with E-state index < -0.39 is 11.7 Å². The van der Waals surface area contributed by atoms with E-state index >= 15 is 0 Å². The van der Waals surface area contributed by atoms with Crippen molar-refractivity contribution in [3.63, 3.8) is 0 Å². The Hall–Kier alpha value is -2.35. The molecule has 0 bridgehead atoms. The minimum Gasteiger partial charge on any atom is -0.399 e. The molecule has 2 aromatic rings. The Labute approximate surface area is 182 Å². The zero-order chi connectivity index (χ0) is 19.2. The van der Waals surface area contributed by atoms with Gasteiger partial charge in [-0.2, -0.15) is 0 Å². The molecule has 0 radical (unpaired) electrons. The lowest BCUT2D eigenvalue weighted by atomic mass is 10.1. The van der Waals surface area contributed by atoms with Crippen LogP contribution in [0.25, 0.3) is 0 Å². The number of nitrogen functional groups attached to an aromatic ring is 1. The molecule has 1 aliphatic heterocycles. The van der Waals surface area contributed by atoms with Crippen molar-refractivity contribution in [3.05, 3.63) is 65.5 Å². The number of benzene rings is 2. The van der Waals surface area contributed by atoms with Crippen molar-refractivity contribution in [2.45, 2.75) is 0 Å². The summed E-state index contributed by atoms with van der Waals surface area (Å²) in [5.41, 5.74) is 6.96. The number of anilines is 1. The zero-order valence-electron chi connectivity index (χ0n) is 15.8. The summed E-state index contributed by atoms with van der Waals surface area (Å²) >= 11 is 0. The molecule has 1 saturated heterocycles. The Morgan fingerprint density at radius 1 is 1.00 bits per heavy atom. The average molecular weight is 443 g/mol. The van der Waals surface area contributed by atoms with Crippen LogP contribution in [-0.2, 0) is 0 Å². The number of rotatable bonds is 5. The van der Waals surface area contributed by atoms with Crippen molar-refractivity contribution in [1.82, 2.24) is 15.1 Å². The Morgan fingerprint density at radius 3 is 2.34 bits per heavy atom. The summed E-state index contributed by atoms with van der Waals surface area (Å²) < 4.78 is 13.6. The molecular formula is C20H25Cl2FN4O2. The molecule has 3 rings (SSSR count). The third-order valence-electron chi connectivity index (χ3n) is 4.63. The van der Waals surface area contributed by atoms with Crippen LogP contribution in [0.2, 0.25) is 0 Å². The molecule has 29 heavy (non-hydrogen) atoms. The van der Waals surface area contributed by atoms with Crippen LogP contribution in [0, 0.1) is 5.82 Å². The Kier molecular flexibility index (Phi) is 9.88. The molecule has 0 atom stereocenters. The number of nitrogens with zero attached hydrogens (tertiary/aromatic N) is 2. The molecule has 0 unspecified atom stereocenters. The van der Waals surface area contributed by atoms with E-state index in [9.17, 15) is 14.0 Å². The summed E-state index contributed by atoms with van der Waals surface area (Å²) in [6.45, 7) is 3.77. The molecule has 0 spiro atoms. The quantitative estimate of drug-likeness (QED) is 0.696. The number of hydrogen-bond acceptors (Lipinski definition) is 4. The third-order valence-corrected chi connectivity index (χ3v) is 4.63. The second-order valence-corrected chi connectivity index (χ2v) is 6.50. The van der Waals surface area contributed by atoms with Gasteiger partial charge in [0.05, 0.1) is 5.56 Å². The van der Waals surface area contributed by atoms with Crippen molar-refractivity contribution in [3.8, 4) is 0 Å². The molecule has 1 fully saturated rings. The van der Waals surface area contributed by atoms with Gasteiger partial charge in [0.25, 0.3) is 11.8 Å². The number of nitrogens with one attached hydrogen (secondary N) is 1. The van der Waals surface area contributed by atoms with E-state index in [1.807, 2.05) is 4.90 Å². The van der Waals surface area contributed by atoms with Gasteiger partial charge in [-0.05, 0) is 30.3 Å². The van der Waals surface area contributed by atoms with Crippen LogP contribution in [0.4, 0.5) is 10.1 Å². The standard InChI is InChI=1S/C20H23FN4O2.2ClH/c21-18-7-2-1-6-17(18)19(26)23-8-9-24-10-12-25(13-11-24)20(27)15-4-3-5-16(22)14-15;;/h1-7,14H,8-13,22H2,(H,23,26);2*1H. The normalized spacial score (nSPS) is 13.8. The maximum atomic E-state index is 13.6. The van der Waals surface area contributed by atoms with Gasteiger partial charge in [0.1, 0.15) is 5.82 Å². The summed E-state index contributed by atoms with van der Waals surface area (Å²) in [7, 11) is 0. The first-order valence-corrected chi connectivity index (χ1v) is 8.94. The van der Waals surface area contributed by atoms with Gasteiger partial charge in [0.15, 0.2) is 0 Å². The number of carbonyl (C=O) groups is 2. The number of carbonyl (C=O) groups excluding carboxylic acids is 2. The van der Waals surface area contributed by atoms with Gasteiger partial charge in [-0.3, -0.25) is 14.5 Å². The highest BCUT2D eigenvalue weighted by atomic mass is 35.5. The van der Waals surface area contributed by atoms with Crippen LogP contribution >= 0.6 is 24.8 Å². The van der Waals surface area contributed by atoms with E-state index in [1.165, 1.54) is 12.1 Å². The first kappa shape index (κ1) is 24.7. The molecule has 9 heteroatoms. The highest BCUT2D eigenvalue weighted by Gasteiger charge is 2.22. The van der Waals surface area contributed by atoms with Crippen LogP contribution in [0.15, 0.2) is 48.5 Å². The lowest BCUT2D eigenvalue weighted by Crippen LogP contribution is -2.50. The smallest absolute Gasteiger partial charge is 0.254 e. The fourth-order valence-electron chi connectivity index (χ4n) is 3.10. The van der Waals surface area contributed by atoms with Crippen LogP contribution in [0.5, 0.6) is 0 Å². The van der Waals surface area contributed by atoms with Gasteiger partial charge in [-0.15, -0.1) is 24.8 Å². The van der Waals surface area contributed by atoms with Crippen molar-refractivity contribution >= 4 is 42.3 Å². The SMILES string of the molecule is Cl.Cl.Nc1cccc(C(=O)N2CCN(CCNC(=O)c3ccccc3F)CC2)c1. The highest BCUT2D eigenvalue weighted by molar-refractivity contribution is 5.95. The minimum absolute atomic E-state index is 0. The van der Waals surface area contributed by atoms with Crippen LogP contribution in [0.3, 0.4) is 0 Å². The van der Waals surface area contributed by atoms with Crippen molar-refractivity contribution < 1.29 is 14.0 Å². The molecule has 0 saturated carbocycles.